The third-order valence-corrected chi connectivity index (χ3v) is 3.09. The van der Waals surface area contributed by atoms with E-state index in [9.17, 15) is 13.3 Å². The summed E-state index contributed by atoms with van der Waals surface area (Å²) in [6, 6.07) is 0. The second kappa shape index (κ2) is 4.71. The molecule has 3 nitrogen and oxygen atoms in total. The van der Waals surface area contributed by atoms with E-state index in [4.69, 9.17) is 1.37 Å². The molecular formula is C7H11F2O3P. The third kappa shape index (κ3) is 2.77. The maximum atomic E-state index is 13.0. The lowest BCUT2D eigenvalue weighted by atomic mass is 10.7. The molecule has 0 aromatic rings. The number of terminal acetylenes is 1. The van der Waals surface area contributed by atoms with Crippen molar-refractivity contribution < 1.29 is 23.8 Å². The van der Waals surface area contributed by atoms with E-state index in [1.807, 2.05) is 0 Å². The van der Waals surface area contributed by atoms with Gasteiger partial charge in [-0.2, -0.15) is 8.78 Å². The van der Waals surface area contributed by atoms with Gasteiger partial charge in [0.05, 0.1) is 13.2 Å². The van der Waals surface area contributed by atoms with E-state index in [1.165, 1.54) is 26.2 Å². The molecule has 0 atom stereocenters. The van der Waals surface area contributed by atoms with Gasteiger partial charge in [0.15, 0.2) is 0 Å². The van der Waals surface area contributed by atoms with Crippen LogP contribution in [0.1, 0.15) is 15.2 Å². The number of hydrogen-bond acceptors (Lipinski definition) is 3. The van der Waals surface area contributed by atoms with Crippen LogP contribution in [-0.4, -0.2) is 18.9 Å². The summed E-state index contributed by atoms with van der Waals surface area (Å²) < 4.78 is 52.6. The zero-order valence-electron chi connectivity index (χ0n) is 8.34. The molecule has 0 amide bonds. The summed E-state index contributed by atoms with van der Waals surface area (Å²) >= 11 is 0. The zero-order valence-corrected chi connectivity index (χ0v) is 8.24. The molecule has 0 unspecified atom stereocenters. The molecule has 0 fully saturated rings. The van der Waals surface area contributed by atoms with E-state index in [0.29, 0.717) is 0 Å². The Labute approximate surface area is 77.4 Å². The predicted octanol–water partition coefficient (Wildman–Crippen LogP) is 2.48. The molecular weight excluding hydrogens is 201 g/mol. The van der Waals surface area contributed by atoms with Crippen molar-refractivity contribution >= 4 is 7.60 Å². The van der Waals surface area contributed by atoms with Crippen molar-refractivity contribution in [2.24, 2.45) is 0 Å². The van der Waals surface area contributed by atoms with E-state index >= 15 is 0 Å². The van der Waals surface area contributed by atoms with Gasteiger partial charge in [-0.3, -0.25) is 4.57 Å². The van der Waals surface area contributed by atoms with Gasteiger partial charge in [-0.05, 0) is 19.8 Å². The summed E-state index contributed by atoms with van der Waals surface area (Å²) in [6.45, 7) is 2.48. The van der Waals surface area contributed by atoms with Gasteiger partial charge in [-0.25, -0.2) is 0 Å². The average molecular weight is 213 g/mol. The van der Waals surface area contributed by atoms with Gasteiger partial charge in [0.2, 0.25) is 0 Å². The van der Waals surface area contributed by atoms with E-state index < -0.39 is 13.3 Å². The Bertz CT molecular complexity index is 274. The van der Waals surface area contributed by atoms with Crippen LogP contribution in [0.25, 0.3) is 0 Å². The molecule has 0 spiro atoms. The molecule has 0 bridgehead atoms. The smallest absolute Gasteiger partial charge is 0.304 e. The van der Waals surface area contributed by atoms with E-state index in [1.54, 1.807) is 0 Å². The van der Waals surface area contributed by atoms with Crippen molar-refractivity contribution in [2.45, 2.75) is 19.5 Å². The van der Waals surface area contributed by atoms with Crippen molar-refractivity contribution in [3.8, 4) is 12.3 Å². The molecule has 0 aliphatic heterocycles. The molecule has 13 heavy (non-hydrogen) atoms. The molecule has 0 radical (unpaired) electrons. The van der Waals surface area contributed by atoms with Crippen molar-refractivity contribution in [3.05, 3.63) is 0 Å². The Balaban J connectivity index is 4.95. The standard InChI is InChI=1S/C7H11F2O3P/c1-4-7(8,9)13(10,11-5-2)12-6-3/h1H,5-6H2,2-3H3/i1D. The number of rotatable bonds is 5. The maximum absolute atomic E-state index is 13.0. The maximum Gasteiger partial charge on any atom is 0.412 e. The Morgan fingerprint density at radius 1 is 1.54 bits per heavy atom. The highest BCUT2D eigenvalue weighted by Gasteiger charge is 2.52. The van der Waals surface area contributed by atoms with Crippen molar-refractivity contribution in [2.75, 3.05) is 13.2 Å². The number of alkyl halides is 2. The Morgan fingerprint density at radius 3 is 2.31 bits per heavy atom. The summed E-state index contributed by atoms with van der Waals surface area (Å²) in [7, 11) is -4.57. The molecule has 6 heteroatoms. The lowest BCUT2D eigenvalue weighted by Crippen LogP contribution is -2.17. The second-order valence-corrected chi connectivity index (χ2v) is 4.07. The molecule has 0 aliphatic rings. The number of hydrogen-bond donors (Lipinski definition) is 0. The van der Waals surface area contributed by atoms with Crippen LogP contribution >= 0.6 is 7.60 Å². The van der Waals surface area contributed by atoms with Crippen LogP contribution in [0.4, 0.5) is 8.78 Å². The first-order valence-corrected chi connectivity index (χ1v) is 5.18. The van der Waals surface area contributed by atoms with Crippen LogP contribution in [0.5, 0.6) is 0 Å². The molecule has 0 aliphatic carbocycles. The summed E-state index contributed by atoms with van der Waals surface area (Å²) in [5.41, 5.74) is -3.93. The van der Waals surface area contributed by atoms with Crippen LogP contribution in [0.3, 0.4) is 0 Å². The molecule has 0 aromatic heterocycles. The van der Waals surface area contributed by atoms with Gasteiger partial charge in [0.25, 0.3) is 0 Å². The highest BCUT2D eigenvalue weighted by molar-refractivity contribution is 7.55. The van der Waals surface area contributed by atoms with Gasteiger partial charge < -0.3 is 9.05 Å². The first kappa shape index (κ1) is 10.6. The average Bonchev–Trinajstić information content (AvgIpc) is 2.04. The van der Waals surface area contributed by atoms with Crippen molar-refractivity contribution in [1.29, 1.82) is 0 Å². The SMILES string of the molecule is [2H]C#CC(F)(F)P(=O)(OCC)OCC. The van der Waals surface area contributed by atoms with Gasteiger partial charge in [-0.1, -0.05) is 0 Å². The molecule has 0 saturated heterocycles. The van der Waals surface area contributed by atoms with Crippen molar-refractivity contribution in [1.82, 2.24) is 0 Å². The Kier molecular flexibility index (Phi) is 3.86. The molecule has 0 aromatic carbocycles. The Hall–Kier alpha value is -0.430. The topological polar surface area (TPSA) is 35.5 Å². The van der Waals surface area contributed by atoms with Gasteiger partial charge in [-0.15, -0.1) is 6.40 Å². The summed E-state index contributed by atoms with van der Waals surface area (Å²) in [4.78, 5) is 0. The lowest BCUT2D eigenvalue weighted by Gasteiger charge is -2.21. The second-order valence-electron chi connectivity index (χ2n) is 2.00. The minimum absolute atomic E-state index is 0.174. The molecule has 0 heterocycles. The first-order valence-electron chi connectivity index (χ1n) is 4.14. The van der Waals surface area contributed by atoms with E-state index in [2.05, 4.69) is 9.05 Å². The van der Waals surface area contributed by atoms with E-state index in [-0.39, 0.29) is 13.2 Å². The fraction of sp³-hybridized carbons (Fsp3) is 0.714. The van der Waals surface area contributed by atoms with Crippen molar-refractivity contribution in [3.63, 3.8) is 0 Å². The molecule has 0 saturated carbocycles. The highest BCUT2D eigenvalue weighted by Crippen LogP contribution is 2.61. The fourth-order valence-electron chi connectivity index (χ4n) is 0.608. The summed E-state index contributed by atoms with van der Waals surface area (Å²) in [6.07, 6.45) is 1.25. The zero-order chi connectivity index (χ0) is 11.2. The largest absolute Gasteiger partial charge is 0.412 e. The Morgan fingerprint density at radius 2 is 2.00 bits per heavy atom. The highest BCUT2D eigenvalue weighted by atomic mass is 31.2. The third-order valence-electron chi connectivity index (χ3n) is 1.09. The van der Waals surface area contributed by atoms with Crippen LogP contribution in [-0.2, 0) is 13.6 Å². The summed E-state index contributed by atoms with van der Waals surface area (Å²) in [5, 5.41) is 0. The van der Waals surface area contributed by atoms with Gasteiger partial charge in [0.1, 0.15) is 1.37 Å². The first-order chi connectivity index (χ1) is 6.43. The monoisotopic (exact) mass is 213 g/mol. The fourth-order valence-corrected chi connectivity index (χ4v) is 1.82. The summed E-state index contributed by atoms with van der Waals surface area (Å²) in [5.74, 6) is 1.20. The lowest BCUT2D eigenvalue weighted by molar-refractivity contribution is 0.0871. The quantitative estimate of drug-likeness (QED) is 0.519. The van der Waals surface area contributed by atoms with Crippen LogP contribution in [0.15, 0.2) is 0 Å². The van der Waals surface area contributed by atoms with Crippen LogP contribution < -0.4 is 0 Å². The normalized spacial score (nSPS) is 13.1. The minimum Gasteiger partial charge on any atom is -0.304 e. The molecule has 76 valence electrons. The number of halogens is 2. The van der Waals surface area contributed by atoms with Crippen LogP contribution in [0.2, 0.25) is 0 Å². The minimum atomic E-state index is -4.57. The van der Waals surface area contributed by atoms with Gasteiger partial charge >= 0.3 is 13.3 Å². The predicted molar refractivity (Wildman–Crippen MR) is 44.6 cm³/mol. The molecule has 0 rings (SSSR count). The van der Waals surface area contributed by atoms with Crippen LogP contribution in [0, 0.1) is 12.3 Å². The molecule has 0 N–H and O–H groups in total. The van der Waals surface area contributed by atoms with E-state index in [0.717, 1.165) is 0 Å². The van der Waals surface area contributed by atoms with Gasteiger partial charge in [0, 0.05) is 0 Å².